The summed E-state index contributed by atoms with van der Waals surface area (Å²) in [6.07, 6.45) is 0.923. The molecule has 110 valence electrons. The summed E-state index contributed by atoms with van der Waals surface area (Å²) in [5.41, 5.74) is 2.32. The minimum absolute atomic E-state index is 0.0925. The van der Waals surface area contributed by atoms with Gasteiger partial charge in [0.1, 0.15) is 0 Å². The predicted octanol–water partition coefficient (Wildman–Crippen LogP) is 3.25. The molecule has 0 saturated heterocycles. The molecule has 0 atom stereocenters. The van der Waals surface area contributed by atoms with Crippen molar-refractivity contribution in [1.29, 1.82) is 0 Å². The van der Waals surface area contributed by atoms with Crippen LogP contribution in [-0.4, -0.2) is 17.0 Å². The molecule has 21 heavy (non-hydrogen) atoms. The first-order valence-electron chi connectivity index (χ1n) is 6.71. The van der Waals surface area contributed by atoms with Gasteiger partial charge in [0.05, 0.1) is 10.4 Å². The van der Waals surface area contributed by atoms with Gasteiger partial charge < -0.3 is 10.4 Å². The van der Waals surface area contributed by atoms with E-state index in [1.54, 1.807) is 12.1 Å². The van der Waals surface area contributed by atoms with Crippen LogP contribution in [0.15, 0.2) is 30.3 Å². The zero-order valence-corrected chi connectivity index (χ0v) is 12.8. The molecule has 0 unspecified atom stereocenters. The maximum absolute atomic E-state index is 12.1. The zero-order valence-electron chi connectivity index (χ0n) is 12.0. The van der Waals surface area contributed by atoms with Crippen molar-refractivity contribution >= 4 is 23.2 Å². The van der Waals surface area contributed by atoms with Gasteiger partial charge in [-0.15, -0.1) is 11.3 Å². The third-order valence-electron chi connectivity index (χ3n) is 3.28. The Morgan fingerprint density at radius 3 is 2.43 bits per heavy atom. The molecule has 2 N–H and O–H groups in total. The van der Waals surface area contributed by atoms with Crippen LogP contribution in [0.1, 0.15) is 43.0 Å². The van der Waals surface area contributed by atoms with Crippen molar-refractivity contribution in [2.75, 3.05) is 0 Å². The number of carbonyl (C=O) groups excluding carboxylic acids is 1. The second-order valence-electron chi connectivity index (χ2n) is 4.73. The Hall–Kier alpha value is -2.14. The molecule has 0 bridgehead atoms. The Bertz CT molecular complexity index is 659. The number of hydrogen-bond acceptors (Lipinski definition) is 3. The topological polar surface area (TPSA) is 66.4 Å². The summed E-state index contributed by atoms with van der Waals surface area (Å²) in [6, 6.07) is 8.42. The van der Waals surface area contributed by atoms with E-state index in [9.17, 15) is 9.59 Å². The van der Waals surface area contributed by atoms with Crippen LogP contribution in [0.25, 0.3) is 0 Å². The van der Waals surface area contributed by atoms with E-state index in [1.807, 2.05) is 13.0 Å². The molecule has 5 heteroatoms. The van der Waals surface area contributed by atoms with Gasteiger partial charge in [-0.25, -0.2) is 4.79 Å². The largest absolute Gasteiger partial charge is 0.478 e. The second kappa shape index (κ2) is 6.54. The summed E-state index contributed by atoms with van der Waals surface area (Å²) in [4.78, 5) is 24.7. The van der Waals surface area contributed by atoms with Crippen molar-refractivity contribution in [3.8, 4) is 0 Å². The Kier molecular flexibility index (Phi) is 4.75. The summed E-state index contributed by atoms with van der Waals surface area (Å²) in [5.74, 6) is -1.04. The minimum Gasteiger partial charge on any atom is -0.478 e. The number of benzene rings is 1. The lowest BCUT2D eigenvalue weighted by Crippen LogP contribution is -2.21. The quantitative estimate of drug-likeness (QED) is 0.891. The SMILES string of the molecule is CCc1cc(C(=O)NCc2ccc(C(=O)O)cc2)sc1C. The van der Waals surface area contributed by atoms with Crippen molar-refractivity contribution < 1.29 is 14.7 Å². The first kappa shape index (κ1) is 15.3. The van der Waals surface area contributed by atoms with Gasteiger partial charge in [-0.1, -0.05) is 19.1 Å². The van der Waals surface area contributed by atoms with Crippen LogP contribution in [0.4, 0.5) is 0 Å². The highest BCUT2D eigenvalue weighted by atomic mass is 32.1. The standard InChI is InChI=1S/C16H17NO3S/c1-3-12-8-14(21-10(12)2)15(18)17-9-11-4-6-13(7-5-11)16(19)20/h4-8H,3,9H2,1-2H3,(H,17,18)(H,19,20). The molecule has 0 aliphatic heterocycles. The lowest BCUT2D eigenvalue weighted by atomic mass is 10.1. The van der Waals surface area contributed by atoms with E-state index in [0.29, 0.717) is 11.4 Å². The molecule has 1 aromatic carbocycles. The smallest absolute Gasteiger partial charge is 0.335 e. The summed E-state index contributed by atoms with van der Waals surface area (Å²) in [7, 11) is 0. The number of carbonyl (C=O) groups is 2. The number of carboxylic acids is 1. The van der Waals surface area contributed by atoms with E-state index in [4.69, 9.17) is 5.11 Å². The number of aromatic carboxylic acids is 1. The molecule has 0 fully saturated rings. The lowest BCUT2D eigenvalue weighted by Gasteiger charge is -2.04. The molecule has 2 aromatic rings. The number of hydrogen-bond donors (Lipinski definition) is 2. The van der Waals surface area contributed by atoms with Crippen LogP contribution < -0.4 is 5.32 Å². The van der Waals surface area contributed by atoms with Crippen molar-refractivity contribution in [2.24, 2.45) is 0 Å². The van der Waals surface area contributed by atoms with Gasteiger partial charge in [-0.3, -0.25) is 4.79 Å². The van der Waals surface area contributed by atoms with Crippen LogP contribution in [0.2, 0.25) is 0 Å². The van der Waals surface area contributed by atoms with Gasteiger partial charge >= 0.3 is 5.97 Å². The molecule has 1 heterocycles. The third-order valence-corrected chi connectivity index (χ3v) is 4.37. The second-order valence-corrected chi connectivity index (χ2v) is 5.99. The molecule has 1 amide bonds. The molecular weight excluding hydrogens is 286 g/mol. The fourth-order valence-electron chi connectivity index (χ4n) is 2.02. The van der Waals surface area contributed by atoms with Crippen LogP contribution in [0.3, 0.4) is 0 Å². The first-order chi connectivity index (χ1) is 10.0. The average Bonchev–Trinajstić information content (AvgIpc) is 2.86. The van der Waals surface area contributed by atoms with E-state index >= 15 is 0 Å². The molecule has 4 nitrogen and oxygen atoms in total. The average molecular weight is 303 g/mol. The normalized spacial score (nSPS) is 10.4. The highest BCUT2D eigenvalue weighted by Crippen LogP contribution is 2.21. The maximum atomic E-state index is 12.1. The zero-order chi connectivity index (χ0) is 15.4. The highest BCUT2D eigenvalue weighted by molar-refractivity contribution is 7.14. The number of rotatable bonds is 5. The Morgan fingerprint density at radius 2 is 1.90 bits per heavy atom. The molecule has 1 aromatic heterocycles. The Balaban J connectivity index is 1.98. The molecule has 0 saturated carbocycles. The van der Waals surface area contributed by atoms with Crippen LogP contribution >= 0.6 is 11.3 Å². The number of amides is 1. The van der Waals surface area contributed by atoms with Crippen molar-refractivity contribution in [1.82, 2.24) is 5.32 Å². The monoisotopic (exact) mass is 303 g/mol. The minimum atomic E-state index is -0.952. The van der Waals surface area contributed by atoms with Gasteiger partial charge in [0, 0.05) is 11.4 Å². The number of carboxylic acid groups (broad SMARTS) is 1. The fraction of sp³-hybridized carbons (Fsp3) is 0.250. The number of nitrogens with one attached hydrogen (secondary N) is 1. The number of thiophene rings is 1. The third kappa shape index (κ3) is 3.70. The van der Waals surface area contributed by atoms with E-state index < -0.39 is 5.97 Å². The number of aryl methyl sites for hydroxylation is 2. The predicted molar refractivity (Wildman–Crippen MR) is 83.0 cm³/mol. The first-order valence-corrected chi connectivity index (χ1v) is 7.52. The van der Waals surface area contributed by atoms with Gasteiger partial charge in [-0.2, -0.15) is 0 Å². The van der Waals surface area contributed by atoms with Crippen LogP contribution in [0, 0.1) is 6.92 Å². The van der Waals surface area contributed by atoms with Gasteiger partial charge in [0.2, 0.25) is 0 Å². The van der Waals surface area contributed by atoms with E-state index in [1.165, 1.54) is 33.9 Å². The van der Waals surface area contributed by atoms with Crippen LogP contribution in [-0.2, 0) is 13.0 Å². The molecule has 0 aliphatic carbocycles. The molecule has 0 spiro atoms. The van der Waals surface area contributed by atoms with Crippen molar-refractivity contribution in [3.05, 3.63) is 56.8 Å². The van der Waals surface area contributed by atoms with E-state index in [0.717, 1.165) is 12.0 Å². The van der Waals surface area contributed by atoms with E-state index in [2.05, 4.69) is 12.2 Å². The highest BCUT2D eigenvalue weighted by Gasteiger charge is 2.11. The lowest BCUT2D eigenvalue weighted by molar-refractivity contribution is 0.0696. The Labute approximate surface area is 127 Å². The van der Waals surface area contributed by atoms with Gasteiger partial charge in [-0.05, 0) is 42.7 Å². The van der Waals surface area contributed by atoms with Crippen LogP contribution in [0.5, 0.6) is 0 Å². The molecular formula is C16H17NO3S. The van der Waals surface area contributed by atoms with E-state index in [-0.39, 0.29) is 11.5 Å². The molecule has 0 radical (unpaired) electrons. The van der Waals surface area contributed by atoms with Gasteiger partial charge in [0.25, 0.3) is 5.91 Å². The summed E-state index contributed by atoms with van der Waals surface area (Å²) in [6.45, 7) is 4.47. The van der Waals surface area contributed by atoms with Gasteiger partial charge in [0.15, 0.2) is 0 Å². The fourth-order valence-corrected chi connectivity index (χ4v) is 3.05. The molecule has 0 aliphatic rings. The molecule has 2 rings (SSSR count). The summed E-state index contributed by atoms with van der Waals surface area (Å²) >= 11 is 1.50. The Morgan fingerprint density at radius 1 is 1.24 bits per heavy atom. The summed E-state index contributed by atoms with van der Waals surface area (Å²) in [5, 5.41) is 11.7. The van der Waals surface area contributed by atoms with Crippen molar-refractivity contribution in [3.63, 3.8) is 0 Å². The van der Waals surface area contributed by atoms with Crippen molar-refractivity contribution in [2.45, 2.75) is 26.8 Å². The maximum Gasteiger partial charge on any atom is 0.335 e. The summed E-state index contributed by atoms with van der Waals surface area (Å²) < 4.78 is 0.